The highest BCUT2D eigenvalue weighted by Gasteiger charge is 2.62. The Labute approximate surface area is 202 Å². The van der Waals surface area contributed by atoms with Crippen LogP contribution < -0.4 is 5.43 Å². The molecule has 170 valence electrons. The van der Waals surface area contributed by atoms with Gasteiger partial charge in [-0.3, -0.25) is 19.8 Å². The number of nitrogens with zero attached hydrogens (tertiary/aromatic N) is 1. The third-order valence-corrected chi connectivity index (χ3v) is 7.92. The standard InChI is InChI=1S/C30H22N2O3/c33-24(16-18-10-7-9-17-8-1-2-11-19(17)18)31-32-29(34)27-25-20-12-3-4-13-21(20)26(28(27)30(32)35)23-15-6-5-14-22(23)25/h1-15,25-28H,16H2,(H,31,33). The van der Waals surface area contributed by atoms with Crippen molar-refractivity contribution in [2.24, 2.45) is 11.8 Å². The SMILES string of the molecule is O=C(Cc1cccc2ccccc12)NN1C(=O)C2C3c4ccccc4C(c4ccccc43)C2C1=O. The molecule has 1 N–H and O–H groups in total. The van der Waals surface area contributed by atoms with Gasteiger partial charge in [-0.05, 0) is 38.6 Å². The minimum Gasteiger partial charge on any atom is -0.273 e. The lowest BCUT2D eigenvalue weighted by molar-refractivity contribution is -0.149. The number of carbonyl (C=O) groups is 3. The van der Waals surface area contributed by atoms with E-state index in [1.54, 1.807) is 0 Å². The van der Waals surface area contributed by atoms with Crippen molar-refractivity contribution in [1.29, 1.82) is 0 Å². The summed E-state index contributed by atoms with van der Waals surface area (Å²) in [5.41, 5.74) is 7.98. The fourth-order valence-corrected chi connectivity index (χ4v) is 6.57. The smallest absolute Gasteiger partial charge is 0.253 e. The Bertz CT molecular complexity index is 1440. The van der Waals surface area contributed by atoms with Crippen LogP contribution in [-0.2, 0) is 20.8 Å². The average Bonchev–Trinajstić information content (AvgIpc) is 3.14. The van der Waals surface area contributed by atoms with Gasteiger partial charge in [0.05, 0.1) is 18.3 Å². The van der Waals surface area contributed by atoms with Crippen molar-refractivity contribution < 1.29 is 14.4 Å². The number of nitrogens with one attached hydrogen (secondary N) is 1. The number of amides is 3. The summed E-state index contributed by atoms with van der Waals surface area (Å²) in [6.45, 7) is 0. The van der Waals surface area contributed by atoms with Crippen molar-refractivity contribution in [1.82, 2.24) is 10.4 Å². The molecule has 2 atom stereocenters. The molecule has 1 aliphatic heterocycles. The van der Waals surface area contributed by atoms with Crippen LogP contribution in [0.15, 0.2) is 91.0 Å². The molecule has 4 aromatic rings. The lowest BCUT2D eigenvalue weighted by Gasteiger charge is -2.45. The number of hydrogen-bond donors (Lipinski definition) is 1. The molecule has 1 heterocycles. The van der Waals surface area contributed by atoms with Gasteiger partial charge in [-0.1, -0.05) is 91.0 Å². The van der Waals surface area contributed by atoms with Gasteiger partial charge in [-0.2, -0.15) is 5.01 Å². The van der Waals surface area contributed by atoms with Gasteiger partial charge < -0.3 is 0 Å². The van der Waals surface area contributed by atoms with Crippen LogP contribution in [0.4, 0.5) is 0 Å². The van der Waals surface area contributed by atoms with E-state index in [-0.39, 0.29) is 36.0 Å². The minimum absolute atomic E-state index is 0.0844. The zero-order chi connectivity index (χ0) is 23.7. The summed E-state index contributed by atoms with van der Waals surface area (Å²) in [4.78, 5) is 40.4. The van der Waals surface area contributed by atoms with Crippen LogP contribution in [0.5, 0.6) is 0 Å². The third-order valence-electron chi connectivity index (χ3n) is 7.92. The number of fused-ring (bicyclic) bond motifs is 1. The summed E-state index contributed by atoms with van der Waals surface area (Å²) < 4.78 is 0. The van der Waals surface area contributed by atoms with E-state index in [0.29, 0.717) is 0 Å². The first-order valence-electron chi connectivity index (χ1n) is 11.9. The second kappa shape index (κ2) is 7.37. The van der Waals surface area contributed by atoms with Gasteiger partial charge in [0.1, 0.15) is 0 Å². The van der Waals surface area contributed by atoms with Gasteiger partial charge >= 0.3 is 0 Å². The minimum atomic E-state index is -0.504. The van der Waals surface area contributed by atoms with Gasteiger partial charge in [0.15, 0.2) is 0 Å². The summed E-state index contributed by atoms with van der Waals surface area (Å²) in [7, 11) is 0. The molecule has 2 bridgehead atoms. The molecular weight excluding hydrogens is 436 g/mol. The van der Waals surface area contributed by atoms with Crippen LogP contribution in [0.25, 0.3) is 10.8 Å². The molecular formula is C30H22N2O3. The maximum Gasteiger partial charge on any atom is 0.253 e. The predicted molar refractivity (Wildman–Crippen MR) is 131 cm³/mol. The van der Waals surface area contributed by atoms with Gasteiger partial charge in [0.25, 0.3) is 11.8 Å². The van der Waals surface area contributed by atoms with E-state index in [4.69, 9.17) is 0 Å². The normalized spacial score (nSPS) is 23.7. The summed E-state index contributed by atoms with van der Waals surface area (Å²) in [6.07, 6.45) is 0.0844. The summed E-state index contributed by atoms with van der Waals surface area (Å²) in [5, 5.41) is 3.03. The van der Waals surface area contributed by atoms with E-state index in [1.165, 1.54) is 0 Å². The molecule has 3 amide bonds. The van der Waals surface area contributed by atoms with E-state index in [0.717, 1.165) is 43.6 Å². The van der Waals surface area contributed by atoms with Crippen LogP contribution in [0.2, 0.25) is 0 Å². The number of rotatable bonds is 3. The zero-order valence-electron chi connectivity index (χ0n) is 18.8. The van der Waals surface area contributed by atoms with Gasteiger partial charge in [0.2, 0.25) is 5.91 Å². The molecule has 0 radical (unpaired) electrons. The van der Waals surface area contributed by atoms with Crippen molar-refractivity contribution in [3.8, 4) is 0 Å². The maximum atomic E-state index is 13.7. The van der Waals surface area contributed by atoms with E-state index < -0.39 is 11.8 Å². The monoisotopic (exact) mass is 458 g/mol. The molecule has 0 saturated carbocycles. The molecule has 4 aromatic carbocycles. The highest BCUT2D eigenvalue weighted by Crippen LogP contribution is 2.60. The molecule has 35 heavy (non-hydrogen) atoms. The van der Waals surface area contributed by atoms with Crippen LogP contribution in [0.1, 0.15) is 39.7 Å². The molecule has 0 spiro atoms. The second-order valence-electron chi connectivity index (χ2n) is 9.63. The first-order chi connectivity index (χ1) is 17.1. The molecule has 4 aliphatic rings. The summed E-state index contributed by atoms with van der Waals surface area (Å²) in [5.74, 6) is -2.38. The van der Waals surface area contributed by atoms with Crippen LogP contribution in [-0.4, -0.2) is 22.7 Å². The van der Waals surface area contributed by atoms with Gasteiger partial charge in [-0.25, -0.2) is 0 Å². The van der Waals surface area contributed by atoms with Crippen molar-refractivity contribution in [2.75, 3.05) is 0 Å². The Morgan fingerprint density at radius 3 is 1.71 bits per heavy atom. The Kier molecular flexibility index (Phi) is 4.25. The van der Waals surface area contributed by atoms with Crippen molar-refractivity contribution in [2.45, 2.75) is 18.3 Å². The van der Waals surface area contributed by atoms with Gasteiger partial charge in [-0.15, -0.1) is 0 Å². The highest BCUT2D eigenvalue weighted by atomic mass is 16.2. The Hall–Kier alpha value is -4.25. The Balaban J connectivity index is 1.22. The number of benzene rings is 4. The molecule has 1 saturated heterocycles. The second-order valence-corrected chi connectivity index (χ2v) is 9.63. The number of hydrogen-bond acceptors (Lipinski definition) is 3. The quantitative estimate of drug-likeness (QED) is 0.466. The molecule has 1 fully saturated rings. The molecule has 5 nitrogen and oxygen atoms in total. The largest absolute Gasteiger partial charge is 0.273 e. The fraction of sp³-hybridized carbons (Fsp3) is 0.167. The van der Waals surface area contributed by atoms with Crippen molar-refractivity contribution in [3.63, 3.8) is 0 Å². The summed E-state index contributed by atoms with van der Waals surface area (Å²) in [6, 6.07) is 29.9. The first-order valence-corrected chi connectivity index (χ1v) is 11.9. The van der Waals surface area contributed by atoms with E-state index in [1.807, 2.05) is 66.7 Å². The topological polar surface area (TPSA) is 66.5 Å². The number of hydrazine groups is 1. The summed E-state index contributed by atoms with van der Waals surface area (Å²) >= 11 is 0. The Morgan fingerprint density at radius 2 is 1.14 bits per heavy atom. The average molecular weight is 459 g/mol. The lowest BCUT2D eigenvalue weighted by Crippen LogP contribution is -2.47. The Morgan fingerprint density at radius 1 is 0.657 bits per heavy atom. The maximum absolute atomic E-state index is 13.7. The molecule has 8 rings (SSSR count). The van der Waals surface area contributed by atoms with Crippen LogP contribution in [0, 0.1) is 11.8 Å². The lowest BCUT2D eigenvalue weighted by atomic mass is 9.55. The zero-order valence-corrected chi connectivity index (χ0v) is 18.8. The first kappa shape index (κ1) is 20.2. The molecule has 2 unspecified atom stereocenters. The van der Waals surface area contributed by atoms with Gasteiger partial charge in [0, 0.05) is 11.8 Å². The number of imide groups is 1. The van der Waals surface area contributed by atoms with E-state index in [2.05, 4.69) is 29.7 Å². The van der Waals surface area contributed by atoms with E-state index in [9.17, 15) is 14.4 Å². The fourth-order valence-electron chi connectivity index (χ4n) is 6.57. The molecule has 3 aliphatic carbocycles. The van der Waals surface area contributed by atoms with E-state index >= 15 is 0 Å². The van der Waals surface area contributed by atoms with Crippen LogP contribution >= 0.6 is 0 Å². The van der Waals surface area contributed by atoms with Crippen molar-refractivity contribution >= 4 is 28.5 Å². The predicted octanol–water partition coefficient (Wildman–Crippen LogP) is 4.31. The third kappa shape index (κ3) is 2.78. The molecule has 0 aromatic heterocycles. The number of carbonyl (C=O) groups excluding carboxylic acids is 3. The molecule has 5 heteroatoms. The highest BCUT2D eigenvalue weighted by molar-refractivity contribution is 6.08. The van der Waals surface area contributed by atoms with Crippen molar-refractivity contribution in [3.05, 3.63) is 119 Å². The van der Waals surface area contributed by atoms with Crippen LogP contribution in [0.3, 0.4) is 0 Å².